The highest BCUT2D eigenvalue weighted by Gasteiger charge is 2.38. The predicted octanol–water partition coefficient (Wildman–Crippen LogP) is 1.96. The van der Waals surface area contributed by atoms with Gasteiger partial charge in [-0.1, -0.05) is 0 Å². The maximum atomic E-state index is 5.95. The molecule has 1 heterocycles. The smallest absolute Gasteiger partial charge is 0.0735 e. The zero-order valence-electron chi connectivity index (χ0n) is 11.0. The van der Waals surface area contributed by atoms with Gasteiger partial charge < -0.3 is 14.8 Å². The number of ether oxygens (including phenoxy) is 2. The Balaban J connectivity index is 1.79. The second-order valence-corrected chi connectivity index (χ2v) is 6.26. The first-order valence-corrected chi connectivity index (χ1v) is 6.47. The average Bonchev–Trinajstić information content (AvgIpc) is 2.55. The lowest BCUT2D eigenvalue weighted by molar-refractivity contribution is -0.0474. The lowest BCUT2D eigenvalue weighted by Crippen LogP contribution is -2.48. The van der Waals surface area contributed by atoms with Crippen LogP contribution in [0.2, 0.25) is 0 Å². The third-order valence-electron chi connectivity index (χ3n) is 3.43. The number of nitrogens with one attached hydrogen (secondary N) is 1. The molecule has 0 spiro atoms. The minimum absolute atomic E-state index is 0.0185. The van der Waals surface area contributed by atoms with E-state index in [1.54, 1.807) is 0 Å². The molecule has 2 fully saturated rings. The molecule has 0 aromatic heterocycles. The van der Waals surface area contributed by atoms with E-state index in [1.165, 1.54) is 6.42 Å². The summed E-state index contributed by atoms with van der Waals surface area (Å²) in [4.78, 5) is 0. The van der Waals surface area contributed by atoms with E-state index in [-0.39, 0.29) is 5.60 Å². The van der Waals surface area contributed by atoms with Crippen molar-refractivity contribution in [2.45, 2.75) is 64.4 Å². The normalized spacial score (nSPS) is 39.8. The zero-order valence-corrected chi connectivity index (χ0v) is 11.0. The minimum Gasteiger partial charge on any atom is -0.376 e. The third kappa shape index (κ3) is 3.19. The van der Waals surface area contributed by atoms with Gasteiger partial charge in [-0.15, -0.1) is 0 Å². The summed E-state index contributed by atoms with van der Waals surface area (Å²) in [5, 5.41) is 3.58. The molecular weight excluding hydrogens is 202 g/mol. The second kappa shape index (κ2) is 4.63. The van der Waals surface area contributed by atoms with E-state index < -0.39 is 0 Å². The molecule has 1 N–H and O–H groups in total. The van der Waals surface area contributed by atoms with Crippen molar-refractivity contribution >= 4 is 0 Å². The topological polar surface area (TPSA) is 30.5 Å². The van der Waals surface area contributed by atoms with Gasteiger partial charge in [-0.25, -0.2) is 0 Å². The molecule has 3 heteroatoms. The van der Waals surface area contributed by atoms with Crippen LogP contribution in [0.25, 0.3) is 0 Å². The summed E-state index contributed by atoms with van der Waals surface area (Å²) in [6, 6.07) is 0.560. The lowest BCUT2D eigenvalue weighted by Gasteiger charge is -2.31. The molecule has 2 rings (SSSR count). The van der Waals surface area contributed by atoms with Crippen LogP contribution in [0, 0.1) is 5.92 Å². The first kappa shape index (κ1) is 12.3. The van der Waals surface area contributed by atoms with Crippen LogP contribution in [0.4, 0.5) is 0 Å². The number of hydrogen-bond acceptors (Lipinski definition) is 3. The van der Waals surface area contributed by atoms with Crippen LogP contribution in [0.5, 0.6) is 0 Å². The molecule has 0 radical (unpaired) electrons. The molecule has 0 aromatic carbocycles. The summed E-state index contributed by atoms with van der Waals surface area (Å²) < 4.78 is 11.8. The molecule has 1 saturated carbocycles. The lowest BCUT2D eigenvalue weighted by atomic mass is 10.1. The monoisotopic (exact) mass is 227 g/mol. The number of morpholine rings is 1. The van der Waals surface area contributed by atoms with Crippen molar-refractivity contribution in [3.05, 3.63) is 0 Å². The van der Waals surface area contributed by atoms with Gasteiger partial charge in [-0.3, -0.25) is 0 Å². The van der Waals surface area contributed by atoms with Crippen molar-refractivity contribution in [2.24, 2.45) is 5.92 Å². The molecule has 0 amide bonds. The molecule has 0 bridgehead atoms. The Hall–Kier alpha value is -0.120. The fraction of sp³-hybridized carbons (Fsp3) is 1.00. The zero-order chi connectivity index (χ0) is 11.8. The molecule has 1 saturated heterocycles. The van der Waals surface area contributed by atoms with Gasteiger partial charge in [0.2, 0.25) is 0 Å². The van der Waals surface area contributed by atoms with Crippen LogP contribution in [-0.2, 0) is 9.47 Å². The summed E-state index contributed by atoms with van der Waals surface area (Å²) in [7, 11) is 0. The Bertz CT molecular complexity index is 237. The van der Waals surface area contributed by atoms with Gasteiger partial charge in [0.25, 0.3) is 0 Å². The largest absolute Gasteiger partial charge is 0.376 e. The van der Waals surface area contributed by atoms with Crippen LogP contribution < -0.4 is 5.32 Å². The van der Waals surface area contributed by atoms with Crippen LogP contribution in [0.3, 0.4) is 0 Å². The van der Waals surface area contributed by atoms with E-state index in [0.29, 0.717) is 24.2 Å². The highest BCUT2D eigenvalue weighted by atomic mass is 16.5. The number of hydrogen-bond donors (Lipinski definition) is 1. The first-order chi connectivity index (χ1) is 7.44. The summed E-state index contributed by atoms with van der Waals surface area (Å²) in [5.41, 5.74) is -0.0185. The predicted molar refractivity (Wildman–Crippen MR) is 64.6 cm³/mol. The maximum absolute atomic E-state index is 5.95. The molecule has 0 aromatic rings. The number of fused-ring (bicyclic) bond motifs is 1. The van der Waals surface area contributed by atoms with E-state index in [2.05, 4.69) is 33.0 Å². The van der Waals surface area contributed by atoms with Gasteiger partial charge in [0.1, 0.15) is 0 Å². The summed E-state index contributed by atoms with van der Waals surface area (Å²) in [6.45, 7) is 10.4. The van der Waals surface area contributed by atoms with E-state index in [1.807, 2.05) is 0 Å². The van der Waals surface area contributed by atoms with Gasteiger partial charge in [-0.05, 0) is 46.5 Å². The Morgan fingerprint density at radius 1 is 1.31 bits per heavy atom. The van der Waals surface area contributed by atoms with E-state index in [9.17, 15) is 0 Å². The molecule has 3 nitrogen and oxygen atoms in total. The van der Waals surface area contributed by atoms with Crippen molar-refractivity contribution in [2.75, 3.05) is 13.2 Å². The van der Waals surface area contributed by atoms with Crippen molar-refractivity contribution in [3.8, 4) is 0 Å². The molecule has 4 unspecified atom stereocenters. The SMILES string of the molecule is CC1CNC2CC(COC(C)(C)C)CC2O1. The highest BCUT2D eigenvalue weighted by molar-refractivity contribution is 4.93. The highest BCUT2D eigenvalue weighted by Crippen LogP contribution is 2.32. The Morgan fingerprint density at radius 2 is 2.06 bits per heavy atom. The van der Waals surface area contributed by atoms with Crippen molar-refractivity contribution in [3.63, 3.8) is 0 Å². The van der Waals surface area contributed by atoms with Crippen LogP contribution in [0.15, 0.2) is 0 Å². The van der Waals surface area contributed by atoms with Crippen molar-refractivity contribution in [1.29, 1.82) is 0 Å². The number of rotatable bonds is 2. The van der Waals surface area contributed by atoms with Crippen molar-refractivity contribution < 1.29 is 9.47 Å². The van der Waals surface area contributed by atoms with Crippen LogP contribution >= 0.6 is 0 Å². The van der Waals surface area contributed by atoms with Gasteiger partial charge in [-0.2, -0.15) is 0 Å². The van der Waals surface area contributed by atoms with E-state index in [0.717, 1.165) is 19.6 Å². The fourth-order valence-corrected chi connectivity index (χ4v) is 2.63. The third-order valence-corrected chi connectivity index (χ3v) is 3.43. The Kier molecular flexibility index (Phi) is 3.57. The van der Waals surface area contributed by atoms with Gasteiger partial charge >= 0.3 is 0 Å². The second-order valence-electron chi connectivity index (χ2n) is 6.26. The van der Waals surface area contributed by atoms with Crippen molar-refractivity contribution in [1.82, 2.24) is 5.32 Å². The summed E-state index contributed by atoms with van der Waals surface area (Å²) in [5.74, 6) is 0.659. The van der Waals surface area contributed by atoms with E-state index in [4.69, 9.17) is 9.47 Å². The summed E-state index contributed by atoms with van der Waals surface area (Å²) in [6.07, 6.45) is 3.13. The molecular formula is C13H25NO2. The molecule has 4 atom stereocenters. The van der Waals surface area contributed by atoms with Gasteiger partial charge in [0.05, 0.1) is 24.4 Å². The van der Waals surface area contributed by atoms with Gasteiger partial charge in [0, 0.05) is 12.6 Å². The molecule has 16 heavy (non-hydrogen) atoms. The quantitative estimate of drug-likeness (QED) is 0.782. The fourth-order valence-electron chi connectivity index (χ4n) is 2.63. The Labute approximate surface area is 98.9 Å². The average molecular weight is 227 g/mol. The summed E-state index contributed by atoms with van der Waals surface area (Å²) >= 11 is 0. The Morgan fingerprint density at radius 3 is 2.75 bits per heavy atom. The molecule has 94 valence electrons. The van der Waals surface area contributed by atoms with Gasteiger partial charge in [0.15, 0.2) is 0 Å². The van der Waals surface area contributed by atoms with Crippen LogP contribution in [0.1, 0.15) is 40.5 Å². The standard InChI is InChI=1S/C13H25NO2/c1-9-7-14-11-5-10(6-12(11)16-9)8-15-13(2,3)4/h9-12,14H,5-8H2,1-4H3. The van der Waals surface area contributed by atoms with E-state index >= 15 is 0 Å². The molecule has 1 aliphatic heterocycles. The maximum Gasteiger partial charge on any atom is 0.0735 e. The molecule has 1 aliphatic carbocycles. The minimum atomic E-state index is -0.0185. The molecule has 2 aliphatic rings. The van der Waals surface area contributed by atoms with Crippen LogP contribution in [-0.4, -0.2) is 37.0 Å². The first-order valence-electron chi connectivity index (χ1n) is 6.47.